The Balaban J connectivity index is 2.01. The molecule has 0 fully saturated rings. The van der Waals surface area contributed by atoms with Crippen LogP contribution in [-0.2, 0) is 13.6 Å². The minimum absolute atomic E-state index is 0.0903. The summed E-state index contributed by atoms with van der Waals surface area (Å²) in [5, 5.41) is 6.89. The molecule has 1 amide bonds. The minimum Gasteiger partial charge on any atom is -0.346 e. The predicted octanol–water partition coefficient (Wildman–Crippen LogP) is 2.11. The van der Waals surface area contributed by atoms with Crippen LogP contribution in [0.5, 0.6) is 0 Å². The van der Waals surface area contributed by atoms with Crippen molar-refractivity contribution < 1.29 is 4.79 Å². The van der Waals surface area contributed by atoms with Crippen LogP contribution in [-0.4, -0.2) is 15.7 Å². The maximum absolute atomic E-state index is 11.8. The normalized spacial score (nSPS) is 10.2. The number of nitrogens with zero attached hydrogens (tertiary/aromatic N) is 2. The van der Waals surface area contributed by atoms with E-state index in [0.717, 1.165) is 10.2 Å². The van der Waals surface area contributed by atoms with Crippen molar-refractivity contribution >= 4 is 21.8 Å². The number of aryl methyl sites for hydroxylation is 1. The van der Waals surface area contributed by atoms with Gasteiger partial charge < -0.3 is 5.32 Å². The van der Waals surface area contributed by atoms with Crippen LogP contribution >= 0.6 is 15.9 Å². The van der Waals surface area contributed by atoms with Crippen molar-refractivity contribution in [3.05, 3.63) is 52.3 Å². The lowest BCUT2D eigenvalue weighted by Gasteiger charge is -2.05. The number of amides is 1. The van der Waals surface area contributed by atoms with Gasteiger partial charge in [0.15, 0.2) is 0 Å². The molecule has 0 atom stereocenters. The Labute approximate surface area is 108 Å². The van der Waals surface area contributed by atoms with Crippen molar-refractivity contribution in [2.45, 2.75) is 6.54 Å². The summed E-state index contributed by atoms with van der Waals surface area (Å²) in [4.78, 5) is 11.8. The molecule has 0 radical (unpaired) electrons. The second-order valence-electron chi connectivity index (χ2n) is 3.64. The van der Waals surface area contributed by atoms with Crippen LogP contribution in [0.4, 0.5) is 0 Å². The van der Waals surface area contributed by atoms with E-state index in [2.05, 4.69) is 26.3 Å². The monoisotopic (exact) mass is 293 g/mol. The zero-order valence-electron chi connectivity index (χ0n) is 9.35. The van der Waals surface area contributed by atoms with E-state index in [1.54, 1.807) is 23.0 Å². The molecule has 2 aromatic rings. The van der Waals surface area contributed by atoms with E-state index in [9.17, 15) is 4.79 Å². The molecule has 1 heterocycles. The number of rotatable bonds is 3. The lowest BCUT2D eigenvalue weighted by molar-refractivity contribution is 0.0950. The van der Waals surface area contributed by atoms with Crippen molar-refractivity contribution in [2.24, 2.45) is 7.05 Å². The van der Waals surface area contributed by atoms with Gasteiger partial charge in [-0.2, -0.15) is 5.10 Å². The van der Waals surface area contributed by atoms with Gasteiger partial charge in [-0.3, -0.25) is 9.48 Å². The number of hydrogen-bond acceptors (Lipinski definition) is 2. The van der Waals surface area contributed by atoms with E-state index in [1.165, 1.54) is 0 Å². The second-order valence-corrected chi connectivity index (χ2v) is 4.55. The van der Waals surface area contributed by atoms with Gasteiger partial charge in [0.1, 0.15) is 0 Å². The number of halogens is 1. The number of carbonyl (C=O) groups excluding carboxylic acids is 1. The smallest absolute Gasteiger partial charge is 0.251 e. The van der Waals surface area contributed by atoms with Gasteiger partial charge in [0.2, 0.25) is 0 Å². The molecule has 1 aromatic carbocycles. The van der Waals surface area contributed by atoms with E-state index >= 15 is 0 Å². The van der Waals surface area contributed by atoms with Gasteiger partial charge in [-0.05, 0) is 24.3 Å². The van der Waals surface area contributed by atoms with Crippen molar-refractivity contribution in [3.63, 3.8) is 0 Å². The number of aromatic nitrogens is 2. The summed E-state index contributed by atoms with van der Waals surface area (Å²) in [5.41, 5.74) is 1.61. The Morgan fingerprint density at radius 3 is 2.94 bits per heavy atom. The fourth-order valence-electron chi connectivity index (χ4n) is 1.48. The molecular formula is C12H12BrN3O. The Morgan fingerprint density at radius 1 is 1.47 bits per heavy atom. The molecule has 4 nitrogen and oxygen atoms in total. The summed E-state index contributed by atoms with van der Waals surface area (Å²) in [5.74, 6) is -0.0903. The van der Waals surface area contributed by atoms with Crippen molar-refractivity contribution in [1.29, 1.82) is 0 Å². The molecule has 1 N–H and O–H groups in total. The molecule has 0 saturated carbocycles. The summed E-state index contributed by atoms with van der Waals surface area (Å²) >= 11 is 3.34. The quantitative estimate of drug-likeness (QED) is 0.942. The van der Waals surface area contributed by atoms with Gasteiger partial charge in [0.25, 0.3) is 5.91 Å². The Bertz CT molecular complexity index is 536. The van der Waals surface area contributed by atoms with E-state index in [1.807, 2.05) is 25.2 Å². The standard InChI is InChI=1S/C12H12BrN3O/c1-16-11(5-6-15-16)8-14-12(17)9-3-2-4-10(13)7-9/h2-7H,8H2,1H3,(H,14,17). The third-order valence-corrected chi connectivity index (χ3v) is 2.93. The van der Waals surface area contributed by atoms with E-state index < -0.39 is 0 Å². The summed E-state index contributed by atoms with van der Waals surface area (Å²) in [6.07, 6.45) is 1.71. The van der Waals surface area contributed by atoms with Gasteiger partial charge in [-0.15, -0.1) is 0 Å². The van der Waals surface area contributed by atoms with Crippen LogP contribution in [0.15, 0.2) is 41.0 Å². The first-order chi connectivity index (χ1) is 8.16. The number of carbonyl (C=O) groups is 1. The molecule has 0 spiro atoms. The maximum Gasteiger partial charge on any atom is 0.251 e. The SMILES string of the molecule is Cn1nccc1CNC(=O)c1cccc(Br)c1. The fourth-order valence-corrected chi connectivity index (χ4v) is 1.88. The van der Waals surface area contributed by atoms with Crippen molar-refractivity contribution in [3.8, 4) is 0 Å². The highest BCUT2D eigenvalue weighted by molar-refractivity contribution is 9.10. The topological polar surface area (TPSA) is 46.9 Å². The van der Waals surface area contributed by atoms with Crippen LogP contribution in [0.1, 0.15) is 16.1 Å². The fraction of sp³-hybridized carbons (Fsp3) is 0.167. The zero-order valence-corrected chi connectivity index (χ0v) is 10.9. The highest BCUT2D eigenvalue weighted by Crippen LogP contribution is 2.11. The first-order valence-corrected chi connectivity index (χ1v) is 5.97. The highest BCUT2D eigenvalue weighted by Gasteiger charge is 2.06. The largest absolute Gasteiger partial charge is 0.346 e. The summed E-state index contributed by atoms with van der Waals surface area (Å²) in [6, 6.07) is 9.17. The Morgan fingerprint density at radius 2 is 2.29 bits per heavy atom. The molecule has 0 bridgehead atoms. The molecule has 88 valence electrons. The van der Waals surface area contributed by atoms with Gasteiger partial charge in [0, 0.05) is 23.3 Å². The van der Waals surface area contributed by atoms with Crippen LogP contribution in [0.2, 0.25) is 0 Å². The average Bonchev–Trinajstić information content (AvgIpc) is 2.72. The third kappa shape index (κ3) is 2.94. The molecule has 0 aliphatic heterocycles. The van der Waals surface area contributed by atoms with Gasteiger partial charge in [-0.25, -0.2) is 0 Å². The van der Waals surface area contributed by atoms with Crippen LogP contribution in [0, 0.1) is 0 Å². The van der Waals surface area contributed by atoms with Crippen molar-refractivity contribution in [2.75, 3.05) is 0 Å². The Hall–Kier alpha value is -1.62. The average molecular weight is 294 g/mol. The van der Waals surface area contributed by atoms with Crippen LogP contribution in [0.3, 0.4) is 0 Å². The van der Waals surface area contributed by atoms with E-state index in [-0.39, 0.29) is 5.91 Å². The Kier molecular flexibility index (Phi) is 3.58. The summed E-state index contributed by atoms with van der Waals surface area (Å²) < 4.78 is 2.63. The predicted molar refractivity (Wildman–Crippen MR) is 68.5 cm³/mol. The zero-order chi connectivity index (χ0) is 12.3. The maximum atomic E-state index is 11.8. The number of nitrogens with one attached hydrogen (secondary N) is 1. The summed E-state index contributed by atoms with van der Waals surface area (Å²) in [6.45, 7) is 0.474. The summed E-state index contributed by atoms with van der Waals surface area (Å²) in [7, 11) is 1.85. The van der Waals surface area contributed by atoms with Gasteiger partial charge in [-0.1, -0.05) is 22.0 Å². The highest BCUT2D eigenvalue weighted by atomic mass is 79.9. The molecule has 0 unspecified atom stereocenters. The van der Waals surface area contributed by atoms with Gasteiger partial charge in [0.05, 0.1) is 12.2 Å². The van der Waals surface area contributed by atoms with Crippen LogP contribution in [0.25, 0.3) is 0 Å². The first-order valence-electron chi connectivity index (χ1n) is 5.17. The van der Waals surface area contributed by atoms with E-state index in [4.69, 9.17) is 0 Å². The molecule has 0 aliphatic carbocycles. The lowest BCUT2D eigenvalue weighted by atomic mass is 10.2. The number of benzene rings is 1. The molecule has 17 heavy (non-hydrogen) atoms. The molecular weight excluding hydrogens is 282 g/mol. The first kappa shape index (κ1) is 11.9. The van der Waals surface area contributed by atoms with E-state index in [0.29, 0.717) is 12.1 Å². The third-order valence-electron chi connectivity index (χ3n) is 2.44. The molecule has 5 heteroatoms. The molecule has 0 saturated heterocycles. The molecule has 0 aliphatic rings. The van der Waals surface area contributed by atoms with Crippen molar-refractivity contribution in [1.82, 2.24) is 15.1 Å². The molecule has 1 aromatic heterocycles. The van der Waals surface area contributed by atoms with Crippen LogP contribution < -0.4 is 5.32 Å². The lowest BCUT2D eigenvalue weighted by Crippen LogP contribution is -2.23. The number of hydrogen-bond donors (Lipinski definition) is 1. The second kappa shape index (κ2) is 5.14. The molecule has 2 rings (SSSR count). The van der Waals surface area contributed by atoms with Gasteiger partial charge >= 0.3 is 0 Å². The minimum atomic E-state index is -0.0903.